The average Bonchev–Trinajstić information content (AvgIpc) is 3.07. The van der Waals surface area contributed by atoms with Crippen molar-refractivity contribution in [1.82, 2.24) is 10.2 Å². The standard InChI is InChI=1S/C14H30N2/c1-5-7-12(3)15-10-13(4)16(6-2)11-14-8-9-14/h12-15H,5-11H2,1-4H3. The van der Waals surface area contributed by atoms with Crippen LogP contribution in [0.3, 0.4) is 0 Å². The van der Waals surface area contributed by atoms with Crippen LogP contribution in [0.5, 0.6) is 0 Å². The molecule has 2 heteroatoms. The summed E-state index contributed by atoms with van der Waals surface area (Å²) < 4.78 is 0. The molecular formula is C14H30N2. The quantitative estimate of drug-likeness (QED) is 0.650. The van der Waals surface area contributed by atoms with Gasteiger partial charge in [-0.3, -0.25) is 4.90 Å². The van der Waals surface area contributed by atoms with Crippen molar-refractivity contribution < 1.29 is 0 Å². The van der Waals surface area contributed by atoms with Crippen LogP contribution in [0.1, 0.15) is 53.4 Å². The lowest BCUT2D eigenvalue weighted by molar-refractivity contribution is 0.202. The van der Waals surface area contributed by atoms with E-state index in [9.17, 15) is 0 Å². The Kier molecular flexibility index (Phi) is 6.37. The van der Waals surface area contributed by atoms with E-state index in [1.807, 2.05) is 0 Å². The summed E-state index contributed by atoms with van der Waals surface area (Å²) in [5.74, 6) is 1.01. The van der Waals surface area contributed by atoms with Crippen molar-refractivity contribution in [3.8, 4) is 0 Å². The normalized spacial score (nSPS) is 20.1. The first-order valence-electron chi connectivity index (χ1n) is 7.14. The topological polar surface area (TPSA) is 15.3 Å². The zero-order valence-corrected chi connectivity index (χ0v) is 11.6. The lowest BCUT2D eigenvalue weighted by Gasteiger charge is -2.29. The van der Waals surface area contributed by atoms with Gasteiger partial charge in [0.2, 0.25) is 0 Å². The predicted molar refractivity (Wildman–Crippen MR) is 71.8 cm³/mol. The fourth-order valence-electron chi connectivity index (χ4n) is 2.29. The Balaban J connectivity index is 2.17. The van der Waals surface area contributed by atoms with Crippen molar-refractivity contribution in [3.63, 3.8) is 0 Å². The van der Waals surface area contributed by atoms with E-state index in [1.54, 1.807) is 0 Å². The summed E-state index contributed by atoms with van der Waals surface area (Å²) in [4.78, 5) is 2.63. The fourth-order valence-corrected chi connectivity index (χ4v) is 2.29. The largest absolute Gasteiger partial charge is 0.313 e. The minimum absolute atomic E-state index is 0.673. The third-order valence-electron chi connectivity index (χ3n) is 3.70. The zero-order chi connectivity index (χ0) is 12.0. The molecule has 0 saturated heterocycles. The molecule has 16 heavy (non-hydrogen) atoms. The molecule has 1 saturated carbocycles. The smallest absolute Gasteiger partial charge is 0.0192 e. The van der Waals surface area contributed by atoms with E-state index >= 15 is 0 Å². The molecule has 2 atom stereocenters. The predicted octanol–water partition coefficient (Wildman–Crippen LogP) is 2.89. The van der Waals surface area contributed by atoms with Crippen molar-refractivity contribution in [3.05, 3.63) is 0 Å². The van der Waals surface area contributed by atoms with Crippen LogP contribution in [0.2, 0.25) is 0 Å². The van der Waals surface area contributed by atoms with Crippen molar-refractivity contribution in [2.24, 2.45) is 5.92 Å². The Morgan fingerprint density at radius 2 is 1.94 bits per heavy atom. The molecular weight excluding hydrogens is 196 g/mol. The average molecular weight is 226 g/mol. The first-order chi connectivity index (χ1) is 7.67. The highest BCUT2D eigenvalue weighted by Gasteiger charge is 2.25. The van der Waals surface area contributed by atoms with Crippen molar-refractivity contribution in [2.45, 2.75) is 65.5 Å². The molecule has 0 spiro atoms. The molecule has 0 radical (unpaired) electrons. The Morgan fingerprint density at radius 1 is 1.25 bits per heavy atom. The van der Waals surface area contributed by atoms with Gasteiger partial charge in [0.1, 0.15) is 0 Å². The second-order valence-corrected chi connectivity index (χ2v) is 5.48. The lowest BCUT2D eigenvalue weighted by Crippen LogP contribution is -2.43. The van der Waals surface area contributed by atoms with Gasteiger partial charge in [0, 0.05) is 25.2 Å². The summed E-state index contributed by atoms with van der Waals surface area (Å²) >= 11 is 0. The highest BCUT2D eigenvalue weighted by molar-refractivity contribution is 4.80. The van der Waals surface area contributed by atoms with Gasteiger partial charge < -0.3 is 5.32 Å². The number of likely N-dealkylation sites (N-methyl/N-ethyl adjacent to an activating group) is 1. The number of nitrogens with zero attached hydrogens (tertiary/aromatic N) is 1. The maximum absolute atomic E-state index is 3.65. The van der Waals surface area contributed by atoms with Gasteiger partial charge in [-0.25, -0.2) is 0 Å². The van der Waals surface area contributed by atoms with Crippen molar-refractivity contribution in [2.75, 3.05) is 19.6 Å². The molecule has 1 aliphatic rings. The van der Waals surface area contributed by atoms with Crippen molar-refractivity contribution >= 4 is 0 Å². The molecule has 1 N–H and O–H groups in total. The Hall–Kier alpha value is -0.0800. The van der Waals surface area contributed by atoms with E-state index in [-0.39, 0.29) is 0 Å². The molecule has 1 rings (SSSR count). The Bertz CT molecular complexity index is 178. The van der Waals surface area contributed by atoms with Gasteiger partial charge in [-0.2, -0.15) is 0 Å². The van der Waals surface area contributed by atoms with E-state index < -0.39 is 0 Å². The van der Waals surface area contributed by atoms with Gasteiger partial charge in [-0.1, -0.05) is 20.3 Å². The van der Waals surface area contributed by atoms with Crippen LogP contribution < -0.4 is 5.32 Å². The molecule has 2 unspecified atom stereocenters. The first-order valence-corrected chi connectivity index (χ1v) is 7.14. The van der Waals surface area contributed by atoms with Crippen LogP contribution in [-0.4, -0.2) is 36.6 Å². The van der Waals surface area contributed by atoms with Gasteiger partial charge >= 0.3 is 0 Å². The first kappa shape index (κ1) is 14.0. The van der Waals surface area contributed by atoms with Gasteiger partial charge in [0.15, 0.2) is 0 Å². The summed E-state index contributed by atoms with van der Waals surface area (Å²) in [5, 5.41) is 3.65. The number of hydrogen-bond acceptors (Lipinski definition) is 2. The molecule has 0 aromatic rings. The lowest BCUT2D eigenvalue weighted by atomic mass is 10.2. The summed E-state index contributed by atoms with van der Waals surface area (Å²) in [7, 11) is 0. The van der Waals surface area contributed by atoms with Gasteiger partial charge in [0.05, 0.1) is 0 Å². The molecule has 96 valence electrons. The van der Waals surface area contributed by atoms with Crippen LogP contribution in [0.15, 0.2) is 0 Å². The molecule has 1 fully saturated rings. The van der Waals surface area contributed by atoms with Gasteiger partial charge in [-0.15, -0.1) is 0 Å². The van der Waals surface area contributed by atoms with Gasteiger partial charge in [0.25, 0.3) is 0 Å². The van der Waals surface area contributed by atoms with E-state index in [0.717, 1.165) is 12.5 Å². The van der Waals surface area contributed by atoms with Crippen molar-refractivity contribution in [1.29, 1.82) is 0 Å². The van der Waals surface area contributed by atoms with Crippen LogP contribution in [-0.2, 0) is 0 Å². The minimum Gasteiger partial charge on any atom is -0.313 e. The maximum Gasteiger partial charge on any atom is 0.0192 e. The molecule has 1 aliphatic carbocycles. The molecule has 0 aliphatic heterocycles. The molecule has 0 bridgehead atoms. The van der Waals surface area contributed by atoms with E-state index in [0.29, 0.717) is 12.1 Å². The highest BCUT2D eigenvalue weighted by atomic mass is 15.2. The molecule has 0 aromatic carbocycles. The Labute approximate surface area is 102 Å². The van der Waals surface area contributed by atoms with E-state index in [4.69, 9.17) is 0 Å². The molecule has 0 heterocycles. The Morgan fingerprint density at radius 3 is 2.44 bits per heavy atom. The summed E-state index contributed by atoms with van der Waals surface area (Å²) in [6, 6.07) is 1.36. The molecule has 0 aromatic heterocycles. The number of nitrogens with one attached hydrogen (secondary N) is 1. The number of rotatable bonds is 9. The van der Waals surface area contributed by atoms with E-state index in [2.05, 4.69) is 37.9 Å². The number of hydrogen-bond donors (Lipinski definition) is 1. The maximum atomic E-state index is 3.65. The van der Waals surface area contributed by atoms with Crippen LogP contribution >= 0.6 is 0 Å². The zero-order valence-electron chi connectivity index (χ0n) is 11.6. The van der Waals surface area contributed by atoms with Crippen LogP contribution in [0.25, 0.3) is 0 Å². The summed E-state index contributed by atoms with van der Waals surface area (Å²) in [5.41, 5.74) is 0. The van der Waals surface area contributed by atoms with Gasteiger partial charge in [-0.05, 0) is 45.6 Å². The second kappa shape index (κ2) is 7.29. The van der Waals surface area contributed by atoms with Crippen LogP contribution in [0.4, 0.5) is 0 Å². The van der Waals surface area contributed by atoms with E-state index in [1.165, 1.54) is 38.8 Å². The fraction of sp³-hybridized carbons (Fsp3) is 1.00. The third-order valence-corrected chi connectivity index (χ3v) is 3.70. The molecule has 0 amide bonds. The summed E-state index contributed by atoms with van der Waals surface area (Å²) in [6.45, 7) is 12.9. The highest BCUT2D eigenvalue weighted by Crippen LogP contribution is 2.30. The minimum atomic E-state index is 0.673. The summed E-state index contributed by atoms with van der Waals surface area (Å²) in [6.07, 6.45) is 5.50. The van der Waals surface area contributed by atoms with Crippen LogP contribution in [0, 0.1) is 5.92 Å². The monoisotopic (exact) mass is 226 g/mol. The SMILES string of the molecule is CCCC(C)NCC(C)N(CC)CC1CC1. The third kappa shape index (κ3) is 5.31. The molecule has 2 nitrogen and oxygen atoms in total. The second-order valence-electron chi connectivity index (χ2n) is 5.48.